The summed E-state index contributed by atoms with van der Waals surface area (Å²) in [6.07, 6.45) is 2.56. The van der Waals surface area contributed by atoms with Crippen molar-refractivity contribution in [3.63, 3.8) is 0 Å². The highest BCUT2D eigenvalue weighted by molar-refractivity contribution is 5.91. The second-order valence-electron chi connectivity index (χ2n) is 11.6. The first kappa shape index (κ1) is 35.1. The van der Waals surface area contributed by atoms with E-state index in [1.165, 1.54) is 12.4 Å². The van der Waals surface area contributed by atoms with Crippen LogP contribution in [-0.4, -0.2) is 76.0 Å². The maximum absolute atomic E-state index is 12.8. The number of carbonyl (C=O) groups is 3. The van der Waals surface area contributed by atoms with Crippen molar-refractivity contribution in [3.05, 3.63) is 42.4 Å². The van der Waals surface area contributed by atoms with Gasteiger partial charge in [0.2, 0.25) is 11.8 Å². The Morgan fingerprint density at radius 1 is 1.02 bits per heavy atom. The maximum Gasteiger partial charge on any atom is 0.408 e. The second kappa shape index (κ2) is 16.1. The van der Waals surface area contributed by atoms with E-state index in [4.69, 9.17) is 19.5 Å². The lowest BCUT2D eigenvalue weighted by Gasteiger charge is -2.26. The van der Waals surface area contributed by atoms with Gasteiger partial charge in [0.05, 0.1) is 37.4 Å². The summed E-state index contributed by atoms with van der Waals surface area (Å²) in [6.45, 7) is 10.9. The van der Waals surface area contributed by atoms with Crippen molar-refractivity contribution in [1.82, 2.24) is 36.1 Å². The summed E-state index contributed by atoms with van der Waals surface area (Å²) in [5.74, 6) is 0.889. The van der Waals surface area contributed by atoms with E-state index in [9.17, 15) is 14.4 Å². The third-order valence-electron chi connectivity index (χ3n) is 6.33. The molecule has 15 heteroatoms. The SMILES string of the molecule is COc1cccc(OCCCNC(=O)[C@H](C)NC(=O)[C@@H](NC(=O)OC(C)(C)C)C(C)C)c1-c1cc(Nc2cnc(C#N)cn2)n[nH]1. The monoisotopic (exact) mass is 635 g/mol. The zero-order valence-electron chi connectivity index (χ0n) is 27.1. The summed E-state index contributed by atoms with van der Waals surface area (Å²) in [7, 11) is 1.55. The number of hydrogen-bond donors (Lipinski definition) is 5. The van der Waals surface area contributed by atoms with E-state index in [0.717, 1.165) is 0 Å². The number of alkyl carbamates (subject to hydrolysis) is 1. The Bertz CT molecular complexity index is 1530. The Labute approximate surface area is 267 Å². The third-order valence-corrected chi connectivity index (χ3v) is 6.33. The van der Waals surface area contributed by atoms with Crippen LogP contribution >= 0.6 is 0 Å². The van der Waals surface area contributed by atoms with Gasteiger partial charge in [-0.2, -0.15) is 10.4 Å². The molecule has 0 aliphatic carbocycles. The third kappa shape index (κ3) is 10.4. The van der Waals surface area contributed by atoms with Gasteiger partial charge in [-0.1, -0.05) is 19.9 Å². The lowest BCUT2D eigenvalue weighted by Crippen LogP contribution is -2.55. The summed E-state index contributed by atoms with van der Waals surface area (Å²) in [5, 5.41) is 27.2. The van der Waals surface area contributed by atoms with Crippen LogP contribution in [0.15, 0.2) is 36.7 Å². The van der Waals surface area contributed by atoms with Gasteiger partial charge in [0.15, 0.2) is 11.5 Å². The van der Waals surface area contributed by atoms with Crippen LogP contribution in [0.3, 0.4) is 0 Å². The Morgan fingerprint density at radius 3 is 2.39 bits per heavy atom. The number of nitrogens with zero attached hydrogens (tertiary/aromatic N) is 4. The van der Waals surface area contributed by atoms with Crippen LogP contribution in [-0.2, 0) is 14.3 Å². The molecule has 3 aromatic rings. The molecule has 0 bridgehead atoms. The quantitative estimate of drug-likeness (QED) is 0.162. The molecule has 0 unspecified atom stereocenters. The average molecular weight is 636 g/mol. The Hall–Kier alpha value is -5.39. The number of methoxy groups -OCH3 is 1. The van der Waals surface area contributed by atoms with Gasteiger partial charge in [0.25, 0.3) is 0 Å². The molecular formula is C31H41N9O6. The Balaban J connectivity index is 1.52. The molecule has 2 atom stereocenters. The average Bonchev–Trinajstić information content (AvgIpc) is 3.46. The molecule has 0 fully saturated rings. The largest absolute Gasteiger partial charge is 0.496 e. The van der Waals surface area contributed by atoms with Gasteiger partial charge in [0.1, 0.15) is 41.1 Å². The van der Waals surface area contributed by atoms with Gasteiger partial charge in [-0.3, -0.25) is 14.7 Å². The van der Waals surface area contributed by atoms with Crippen LogP contribution in [0.25, 0.3) is 11.3 Å². The lowest BCUT2D eigenvalue weighted by atomic mass is 10.0. The van der Waals surface area contributed by atoms with Crippen molar-refractivity contribution in [1.29, 1.82) is 5.26 Å². The number of nitriles is 1. The van der Waals surface area contributed by atoms with Crippen molar-refractivity contribution < 1.29 is 28.6 Å². The van der Waals surface area contributed by atoms with Crippen LogP contribution in [0.2, 0.25) is 0 Å². The van der Waals surface area contributed by atoms with Gasteiger partial charge in [0, 0.05) is 12.6 Å². The summed E-state index contributed by atoms with van der Waals surface area (Å²) in [4.78, 5) is 45.8. The minimum absolute atomic E-state index is 0.203. The first-order valence-corrected chi connectivity index (χ1v) is 14.7. The molecule has 0 spiro atoms. The van der Waals surface area contributed by atoms with E-state index in [1.807, 2.05) is 6.07 Å². The molecule has 3 amide bonds. The van der Waals surface area contributed by atoms with Crippen molar-refractivity contribution in [2.45, 2.75) is 65.6 Å². The number of anilines is 2. The molecule has 46 heavy (non-hydrogen) atoms. The number of aromatic amines is 1. The maximum atomic E-state index is 12.8. The molecule has 1 aromatic carbocycles. The standard InChI is InChI=1S/C31H41N9O6/c1-18(2)27(38-30(43)46-31(4,5)6)29(42)36-19(3)28(41)33-12-9-13-45-23-11-8-10-22(44-7)26(23)21-14-24(40-39-21)37-25-17-34-20(15-32)16-35-25/h8,10-11,14,16-19,27H,9,12-13H2,1-7H3,(H,33,41)(H,36,42)(H,38,43)(H2,35,37,39,40)/t19-,27-/m0/s1. The topological polar surface area (TPSA) is 205 Å². The van der Waals surface area contributed by atoms with Crippen LogP contribution in [0, 0.1) is 17.2 Å². The molecule has 0 saturated heterocycles. The van der Waals surface area contributed by atoms with Crippen LogP contribution in [0.5, 0.6) is 11.5 Å². The van der Waals surface area contributed by atoms with E-state index in [-0.39, 0.29) is 24.1 Å². The van der Waals surface area contributed by atoms with Gasteiger partial charge in [-0.05, 0) is 52.2 Å². The van der Waals surface area contributed by atoms with E-state index in [0.29, 0.717) is 47.4 Å². The number of carbonyl (C=O) groups excluding carboxylic acids is 3. The van der Waals surface area contributed by atoms with Gasteiger partial charge in [-0.15, -0.1) is 0 Å². The van der Waals surface area contributed by atoms with Gasteiger partial charge in [-0.25, -0.2) is 14.8 Å². The van der Waals surface area contributed by atoms with E-state index in [2.05, 4.69) is 41.4 Å². The van der Waals surface area contributed by atoms with Crippen molar-refractivity contribution >= 4 is 29.5 Å². The van der Waals surface area contributed by atoms with Crippen LogP contribution in [0.1, 0.15) is 53.7 Å². The summed E-state index contributed by atoms with van der Waals surface area (Å²) in [6, 6.07) is 7.36. The Morgan fingerprint density at radius 2 is 1.76 bits per heavy atom. The number of amides is 3. The van der Waals surface area contributed by atoms with Crippen LogP contribution < -0.4 is 30.7 Å². The number of hydrogen-bond acceptors (Lipinski definition) is 11. The molecule has 3 rings (SSSR count). The second-order valence-corrected chi connectivity index (χ2v) is 11.6. The fourth-order valence-electron chi connectivity index (χ4n) is 4.12. The van der Waals surface area contributed by atoms with E-state index < -0.39 is 29.7 Å². The number of H-pyrrole nitrogens is 1. The van der Waals surface area contributed by atoms with E-state index >= 15 is 0 Å². The first-order valence-electron chi connectivity index (χ1n) is 14.7. The summed E-state index contributed by atoms with van der Waals surface area (Å²) < 4.78 is 16.9. The molecule has 5 N–H and O–H groups in total. The van der Waals surface area contributed by atoms with Crippen molar-refractivity contribution in [2.75, 3.05) is 25.6 Å². The lowest BCUT2D eigenvalue weighted by molar-refractivity contribution is -0.130. The highest BCUT2D eigenvalue weighted by Gasteiger charge is 2.29. The molecule has 0 aliphatic rings. The molecule has 0 aliphatic heterocycles. The predicted octanol–water partition coefficient (Wildman–Crippen LogP) is 3.43. The van der Waals surface area contributed by atoms with Crippen molar-refractivity contribution in [3.8, 4) is 28.8 Å². The molecule has 2 aromatic heterocycles. The predicted molar refractivity (Wildman–Crippen MR) is 169 cm³/mol. The number of benzene rings is 1. The molecule has 246 valence electrons. The normalized spacial score (nSPS) is 12.3. The van der Waals surface area contributed by atoms with Gasteiger partial charge >= 0.3 is 6.09 Å². The Kier molecular flexibility index (Phi) is 12.3. The number of rotatable bonds is 14. The van der Waals surface area contributed by atoms with E-state index in [1.54, 1.807) is 72.9 Å². The number of nitrogens with one attached hydrogen (secondary N) is 5. The molecular weight excluding hydrogens is 594 g/mol. The highest BCUT2D eigenvalue weighted by Crippen LogP contribution is 2.38. The molecule has 0 radical (unpaired) electrons. The smallest absolute Gasteiger partial charge is 0.408 e. The molecule has 15 nitrogen and oxygen atoms in total. The minimum Gasteiger partial charge on any atom is -0.496 e. The number of aromatic nitrogens is 4. The number of ether oxygens (including phenoxy) is 3. The zero-order chi connectivity index (χ0) is 33.9. The molecule has 0 saturated carbocycles. The summed E-state index contributed by atoms with van der Waals surface area (Å²) >= 11 is 0. The fourth-order valence-corrected chi connectivity index (χ4v) is 4.12. The first-order chi connectivity index (χ1) is 21.8. The minimum atomic E-state index is -0.873. The zero-order valence-corrected chi connectivity index (χ0v) is 27.1. The van der Waals surface area contributed by atoms with Gasteiger partial charge < -0.3 is 35.5 Å². The van der Waals surface area contributed by atoms with Crippen LogP contribution in [0.4, 0.5) is 16.4 Å². The fraction of sp³-hybridized carbons (Fsp3) is 0.452. The highest BCUT2D eigenvalue weighted by atomic mass is 16.6. The summed E-state index contributed by atoms with van der Waals surface area (Å²) in [5.41, 5.74) is 0.762. The molecule has 2 heterocycles. The van der Waals surface area contributed by atoms with Crippen molar-refractivity contribution in [2.24, 2.45) is 5.92 Å².